The molecular weight excluding hydrogens is 428 g/mol. The summed E-state index contributed by atoms with van der Waals surface area (Å²) in [6.07, 6.45) is 0. The van der Waals surface area contributed by atoms with Crippen molar-refractivity contribution in [2.45, 2.75) is 6.92 Å². The molecule has 0 bridgehead atoms. The van der Waals surface area contributed by atoms with E-state index in [0.29, 0.717) is 11.4 Å². The van der Waals surface area contributed by atoms with Gasteiger partial charge in [0.25, 0.3) is 5.91 Å². The number of ether oxygens (including phenoxy) is 1. The summed E-state index contributed by atoms with van der Waals surface area (Å²) in [5, 5.41) is 4.80. The van der Waals surface area contributed by atoms with E-state index in [1.807, 2.05) is 19.1 Å². The van der Waals surface area contributed by atoms with Crippen molar-refractivity contribution in [1.82, 2.24) is 5.32 Å². The maximum Gasteiger partial charge on any atom is 0.325 e. The topological polar surface area (TPSA) is 67.4 Å². The molecule has 3 amide bonds. The quantitative estimate of drug-likeness (QED) is 0.745. The fourth-order valence-corrected chi connectivity index (χ4v) is 2.38. The van der Waals surface area contributed by atoms with Crippen molar-refractivity contribution in [3.05, 3.63) is 57.0 Å². The highest BCUT2D eigenvalue weighted by molar-refractivity contribution is 9.10. The molecule has 0 unspecified atom stereocenters. The molecule has 0 saturated carbocycles. The molecule has 0 fully saturated rings. The van der Waals surface area contributed by atoms with Crippen molar-refractivity contribution in [3.8, 4) is 5.75 Å². The van der Waals surface area contributed by atoms with Gasteiger partial charge in [-0.05, 0) is 48.9 Å². The van der Waals surface area contributed by atoms with Crippen LogP contribution in [0.4, 0.5) is 10.5 Å². The molecule has 2 aromatic rings. The largest absolute Gasteiger partial charge is 0.484 e. The van der Waals surface area contributed by atoms with Gasteiger partial charge in [0.05, 0.1) is 0 Å². The van der Waals surface area contributed by atoms with E-state index in [2.05, 4.69) is 42.5 Å². The Kier molecular flexibility index (Phi) is 6.18. The Hall–Kier alpha value is -1.86. The third-order valence-electron chi connectivity index (χ3n) is 2.83. The number of anilines is 1. The Bertz CT molecular complexity index is 735. The van der Waals surface area contributed by atoms with Crippen molar-refractivity contribution in [3.63, 3.8) is 0 Å². The molecular formula is C16H14Br2N2O3. The summed E-state index contributed by atoms with van der Waals surface area (Å²) in [5.74, 6) is 0.00905. The van der Waals surface area contributed by atoms with Gasteiger partial charge in [-0.15, -0.1) is 0 Å². The molecule has 0 aliphatic heterocycles. The van der Waals surface area contributed by atoms with Gasteiger partial charge in [0, 0.05) is 14.6 Å². The number of rotatable bonds is 4. The average molecular weight is 442 g/mol. The van der Waals surface area contributed by atoms with Gasteiger partial charge in [-0.2, -0.15) is 0 Å². The lowest BCUT2D eigenvalue weighted by Crippen LogP contribution is -2.37. The molecule has 2 aromatic carbocycles. The zero-order valence-corrected chi connectivity index (χ0v) is 15.4. The molecule has 7 heteroatoms. The highest BCUT2D eigenvalue weighted by Gasteiger charge is 2.09. The lowest BCUT2D eigenvalue weighted by atomic mass is 10.2. The summed E-state index contributed by atoms with van der Waals surface area (Å²) in [4.78, 5) is 23.5. The zero-order chi connectivity index (χ0) is 16.8. The summed E-state index contributed by atoms with van der Waals surface area (Å²) in [5.41, 5.74) is 1.58. The minimum Gasteiger partial charge on any atom is -0.484 e. The highest BCUT2D eigenvalue weighted by Crippen LogP contribution is 2.20. The first-order valence-corrected chi connectivity index (χ1v) is 8.28. The van der Waals surface area contributed by atoms with Gasteiger partial charge >= 0.3 is 6.03 Å². The lowest BCUT2D eigenvalue weighted by molar-refractivity contribution is -0.121. The van der Waals surface area contributed by atoms with Gasteiger partial charge < -0.3 is 10.1 Å². The maximum atomic E-state index is 11.8. The smallest absolute Gasteiger partial charge is 0.325 e. The number of hydrogen-bond acceptors (Lipinski definition) is 3. The third kappa shape index (κ3) is 5.69. The molecule has 0 radical (unpaired) electrons. The van der Waals surface area contributed by atoms with E-state index >= 15 is 0 Å². The first-order valence-electron chi connectivity index (χ1n) is 6.69. The number of hydrogen-bond donors (Lipinski definition) is 2. The van der Waals surface area contributed by atoms with Crippen molar-refractivity contribution in [2.75, 3.05) is 11.9 Å². The van der Waals surface area contributed by atoms with Crippen LogP contribution in [-0.2, 0) is 4.79 Å². The van der Waals surface area contributed by atoms with Gasteiger partial charge in [-0.25, -0.2) is 4.79 Å². The lowest BCUT2D eigenvalue weighted by Gasteiger charge is -2.09. The predicted molar refractivity (Wildman–Crippen MR) is 95.7 cm³/mol. The van der Waals surface area contributed by atoms with Crippen LogP contribution in [0.25, 0.3) is 0 Å². The van der Waals surface area contributed by atoms with Crippen molar-refractivity contribution >= 4 is 49.5 Å². The second-order valence-corrected chi connectivity index (χ2v) is 6.48. The SMILES string of the molecule is Cc1cc(NC(=O)NC(=O)COc2cccc(Br)c2)ccc1Br. The van der Waals surface area contributed by atoms with E-state index < -0.39 is 11.9 Å². The minimum atomic E-state index is -0.602. The standard InChI is InChI=1S/C16H14Br2N2O3/c1-10-7-12(5-6-14(10)18)19-16(22)20-15(21)9-23-13-4-2-3-11(17)8-13/h2-8H,9H2,1H3,(H2,19,20,21,22). The number of urea groups is 1. The summed E-state index contributed by atoms with van der Waals surface area (Å²) < 4.78 is 7.10. The van der Waals surface area contributed by atoms with Gasteiger partial charge in [-0.3, -0.25) is 10.1 Å². The van der Waals surface area contributed by atoms with Crippen molar-refractivity contribution < 1.29 is 14.3 Å². The van der Waals surface area contributed by atoms with Crippen LogP contribution in [0.1, 0.15) is 5.56 Å². The van der Waals surface area contributed by atoms with E-state index in [1.54, 1.807) is 30.3 Å². The van der Waals surface area contributed by atoms with Crippen LogP contribution in [0.3, 0.4) is 0 Å². The summed E-state index contributed by atoms with van der Waals surface area (Å²) in [6.45, 7) is 1.66. The first kappa shape index (κ1) is 17.5. The van der Waals surface area contributed by atoms with Gasteiger partial charge in [0.1, 0.15) is 5.75 Å². The van der Waals surface area contributed by atoms with Crippen LogP contribution >= 0.6 is 31.9 Å². The van der Waals surface area contributed by atoms with E-state index in [-0.39, 0.29) is 6.61 Å². The number of benzene rings is 2. The number of aryl methyl sites for hydroxylation is 1. The van der Waals surface area contributed by atoms with E-state index in [1.165, 1.54) is 0 Å². The number of nitrogens with one attached hydrogen (secondary N) is 2. The van der Waals surface area contributed by atoms with Crippen LogP contribution in [-0.4, -0.2) is 18.5 Å². The highest BCUT2D eigenvalue weighted by atomic mass is 79.9. The van der Waals surface area contributed by atoms with E-state index in [0.717, 1.165) is 14.5 Å². The normalized spacial score (nSPS) is 10.0. The molecule has 0 aromatic heterocycles. The fourth-order valence-electron chi connectivity index (χ4n) is 1.75. The Balaban J connectivity index is 1.82. The Morgan fingerprint density at radius 2 is 1.91 bits per heavy atom. The maximum absolute atomic E-state index is 11.8. The molecule has 5 nitrogen and oxygen atoms in total. The predicted octanol–water partition coefficient (Wildman–Crippen LogP) is 4.25. The molecule has 2 rings (SSSR count). The van der Waals surface area contributed by atoms with Crippen LogP contribution in [0.5, 0.6) is 5.75 Å². The van der Waals surface area contributed by atoms with Gasteiger partial charge in [0.2, 0.25) is 0 Å². The second kappa shape index (κ2) is 8.12. The number of imide groups is 1. The molecule has 0 atom stereocenters. The number of amides is 3. The molecule has 23 heavy (non-hydrogen) atoms. The van der Waals surface area contributed by atoms with Gasteiger partial charge in [-0.1, -0.05) is 37.9 Å². The third-order valence-corrected chi connectivity index (χ3v) is 4.22. The van der Waals surface area contributed by atoms with Crippen LogP contribution in [0.2, 0.25) is 0 Å². The molecule has 2 N–H and O–H groups in total. The Labute approximate surface area is 150 Å². The molecule has 0 aliphatic rings. The molecule has 0 spiro atoms. The minimum absolute atomic E-state index is 0.247. The monoisotopic (exact) mass is 440 g/mol. The van der Waals surface area contributed by atoms with E-state index in [4.69, 9.17) is 4.74 Å². The van der Waals surface area contributed by atoms with Crippen molar-refractivity contribution in [1.29, 1.82) is 0 Å². The Morgan fingerprint density at radius 3 is 2.61 bits per heavy atom. The second-order valence-electron chi connectivity index (χ2n) is 4.71. The number of carbonyl (C=O) groups excluding carboxylic acids is 2. The van der Waals surface area contributed by atoms with Crippen molar-refractivity contribution in [2.24, 2.45) is 0 Å². The van der Waals surface area contributed by atoms with Gasteiger partial charge in [0.15, 0.2) is 6.61 Å². The molecule has 0 heterocycles. The average Bonchev–Trinajstić information content (AvgIpc) is 2.49. The number of halogens is 2. The summed E-state index contributed by atoms with van der Waals surface area (Å²) in [6, 6.07) is 11.9. The fraction of sp³-hybridized carbons (Fsp3) is 0.125. The van der Waals surface area contributed by atoms with Crippen LogP contribution in [0.15, 0.2) is 51.4 Å². The van der Waals surface area contributed by atoms with Crippen LogP contribution in [0, 0.1) is 6.92 Å². The number of carbonyl (C=O) groups is 2. The van der Waals surface area contributed by atoms with Crippen LogP contribution < -0.4 is 15.4 Å². The molecule has 0 saturated heterocycles. The Morgan fingerprint density at radius 1 is 1.13 bits per heavy atom. The molecule has 120 valence electrons. The van der Waals surface area contributed by atoms with E-state index in [9.17, 15) is 9.59 Å². The zero-order valence-electron chi connectivity index (χ0n) is 12.2. The summed E-state index contributed by atoms with van der Waals surface area (Å²) in [7, 11) is 0. The first-order chi connectivity index (χ1) is 10.9. The molecule has 0 aliphatic carbocycles. The summed E-state index contributed by atoms with van der Waals surface area (Å²) >= 11 is 6.69.